The summed E-state index contributed by atoms with van der Waals surface area (Å²) in [6, 6.07) is -3.17. The minimum Gasteiger partial charge on any atom is -0.394 e. The largest absolute Gasteiger partial charge is 0.471 e. The summed E-state index contributed by atoms with van der Waals surface area (Å²) >= 11 is 0. The molecule has 36 heavy (non-hydrogen) atoms. The predicted octanol–water partition coefficient (Wildman–Crippen LogP) is 0.956. The van der Waals surface area contributed by atoms with Crippen LogP contribution < -0.4 is 16.0 Å². The number of carbonyl (C=O) groups excluding carboxylic acids is 4. The van der Waals surface area contributed by atoms with E-state index < -0.39 is 54.0 Å². The third-order valence-electron chi connectivity index (χ3n) is 7.94. The molecule has 0 spiro atoms. The van der Waals surface area contributed by atoms with Crippen molar-refractivity contribution in [2.45, 2.75) is 78.2 Å². The lowest BCUT2D eigenvalue weighted by molar-refractivity contribution is -0.176. The summed E-state index contributed by atoms with van der Waals surface area (Å²) in [5.74, 6) is -4.21. The molecule has 3 fully saturated rings. The Balaban J connectivity index is 1.79. The molecular weight excluding hydrogens is 481 g/mol. The lowest BCUT2D eigenvalue weighted by Gasteiger charge is -2.38. The Morgan fingerprint density at radius 3 is 2.36 bits per heavy atom. The van der Waals surface area contributed by atoms with Crippen molar-refractivity contribution in [1.29, 1.82) is 0 Å². The summed E-state index contributed by atoms with van der Waals surface area (Å²) in [5, 5.41) is 17.2. The first-order valence-electron chi connectivity index (χ1n) is 12.4. The van der Waals surface area contributed by atoms with Gasteiger partial charge in [0, 0.05) is 19.0 Å². The molecular formula is C24H37F3N4O5. The maximum atomic E-state index is 13.5. The molecule has 1 aliphatic carbocycles. The van der Waals surface area contributed by atoms with Gasteiger partial charge in [-0.15, -0.1) is 0 Å². The van der Waals surface area contributed by atoms with E-state index in [2.05, 4.69) is 10.6 Å². The van der Waals surface area contributed by atoms with E-state index in [4.69, 9.17) is 0 Å². The van der Waals surface area contributed by atoms with Gasteiger partial charge in [0.1, 0.15) is 12.1 Å². The van der Waals surface area contributed by atoms with Gasteiger partial charge in [0.2, 0.25) is 17.7 Å². The second-order valence-corrected chi connectivity index (χ2v) is 11.9. The van der Waals surface area contributed by atoms with E-state index in [1.165, 1.54) is 4.90 Å². The minimum absolute atomic E-state index is 0.0205. The number of nitrogens with one attached hydrogen (secondary N) is 3. The quantitative estimate of drug-likeness (QED) is 0.399. The van der Waals surface area contributed by atoms with E-state index in [0.29, 0.717) is 13.0 Å². The molecule has 0 aromatic heterocycles. The molecule has 12 heteroatoms. The van der Waals surface area contributed by atoms with E-state index in [1.807, 2.05) is 19.2 Å². The van der Waals surface area contributed by atoms with Crippen molar-refractivity contribution < 1.29 is 37.5 Å². The summed E-state index contributed by atoms with van der Waals surface area (Å²) in [5.41, 5.74) is -1.30. The number of carbonyl (C=O) groups is 4. The molecule has 4 N–H and O–H groups in total. The second-order valence-electron chi connectivity index (χ2n) is 11.9. The fourth-order valence-corrected chi connectivity index (χ4v) is 5.71. The highest BCUT2D eigenvalue weighted by Gasteiger charge is 2.70. The van der Waals surface area contributed by atoms with Crippen LogP contribution in [-0.4, -0.2) is 77.6 Å². The van der Waals surface area contributed by atoms with Crippen LogP contribution in [0.25, 0.3) is 0 Å². The first kappa shape index (κ1) is 28.2. The lowest BCUT2D eigenvalue weighted by atomic mass is 9.85. The van der Waals surface area contributed by atoms with Gasteiger partial charge in [-0.2, -0.15) is 13.2 Å². The van der Waals surface area contributed by atoms with Crippen LogP contribution in [0.1, 0.15) is 53.9 Å². The van der Waals surface area contributed by atoms with Crippen LogP contribution in [0, 0.1) is 28.6 Å². The number of aliphatic hydroxyl groups is 1. The van der Waals surface area contributed by atoms with Gasteiger partial charge in [-0.05, 0) is 41.9 Å². The van der Waals surface area contributed by atoms with Crippen LogP contribution in [0.4, 0.5) is 13.2 Å². The Labute approximate surface area is 208 Å². The number of hydrogen-bond acceptors (Lipinski definition) is 5. The number of rotatable bonds is 7. The third-order valence-corrected chi connectivity index (χ3v) is 7.94. The summed E-state index contributed by atoms with van der Waals surface area (Å²) in [6.45, 7) is 8.91. The fraction of sp³-hybridized carbons (Fsp3) is 0.833. The number of nitrogens with zero attached hydrogens (tertiary/aromatic N) is 1. The van der Waals surface area contributed by atoms with Crippen molar-refractivity contribution in [3.63, 3.8) is 0 Å². The van der Waals surface area contributed by atoms with Crippen molar-refractivity contribution in [3.8, 4) is 0 Å². The van der Waals surface area contributed by atoms with Gasteiger partial charge in [-0.25, -0.2) is 0 Å². The molecule has 2 heterocycles. The predicted molar refractivity (Wildman–Crippen MR) is 123 cm³/mol. The minimum atomic E-state index is -5.16. The average molecular weight is 519 g/mol. The van der Waals surface area contributed by atoms with Gasteiger partial charge in [0.25, 0.3) is 0 Å². The van der Waals surface area contributed by atoms with Gasteiger partial charge in [0.05, 0.1) is 12.6 Å². The Bertz CT molecular complexity index is 901. The van der Waals surface area contributed by atoms with Gasteiger partial charge in [0.15, 0.2) is 0 Å². The zero-order chi connectivity index (χ0) is 27.2. The molecule has 204 valence electrons. The molecule has 0 aromatic rings. The van der Waals surface area contributed by atoms with E-state index in [1.54, 1.807) is 20.8 Å². The van der Waals surface area contributed by atoms with Gasteiger partial charge >= 0.3 is 12.1 Å². The van der Waals surface area contributed by atoms with E-state index in [0.717, 1.165) is 6.42 Å². The summed E-state index contributed by atoms with van der Waals surface area (Å²) in [7, 11) is 0. The van der Waals surface area contributed by atoms with Crippen LogP contribution in [0.5, 0.6) is 0 Å². The standard InChI is InChI=1S/C24H37F3N4O5/c1-22(2,3)17(30-21(36)24(25,26)27)20(35)31-10-14-15(23(14,4)5)16(31)19(34)29-13(11-32)9-12-7-6-8-28-18(12)33/h12-17,32H,6-11H2,1-5H3,(H,28,33)(H,29,34)(H,30,36)/t12-,13-,14-,15-,16-,17+/m0/s1. The van der Waals surface area contributed by atoms with Crippen molar-refractivity contribution >= 4 is 23.6 Å². The highest BCUT2D eigenvalue weighted by Crippen LogP contribution is 2.65. The molecule has 4 amide bonds. The molecule has 0 bridgehead atoms. The van der Waals surface area contributed by atoms with Crippen LogP contribution in [0.2, 0.25) is 0 Å². The molecule has 1 saturated carbocycles. The molecule has 2 aliphatic heterocycles. The monoisotopic (exact) mass is 518 g/mol. The Hall–Kier alpha value is -2.37. The topological polar surface area (TPSA) is 128 Å². The molecule has 2 saturated heterocycles. The molecule has 0 radical (unpaired) electrons. The Morgan fingerprint density at radius 1 is 1.19 bits per heavy atom. The summed E-state index contributed by atoms with van der Waals surface area (Å²) < 4.78 is 38.9. The normalized spacial score (nSPS) is 29.0. The van der Waals surface area contributed by atoms with Gasteiger partial charge in [-0.3, -0.25) is 19.2 Å². The van der Waals surface area contributed by atoms with Crippen LogP contribution >= 0.6 is 0 Å². The number of piperidine rings is 2. The number of likely N-dealkylation sites (tertiary alicyclic amines) is 1. The SMILES string of the molecule is CC(C)(C)[C@H](NC(=O)C(F)(F)F)C(=O)N1C[C@H]2[C@@H]([C@H]1C(=O)N[C@H](CO)C[C@@H]1CCCNC1=O)C2(C)C. The van der Waals surface area contributed by atoms with Crippen molar-refractivity contribution in [3.05, 3.63) is 0 Å². The smallest absolute Gasteiger partial charge is 0.394 e. The van der Waals surface area contributed by atoms with Crippen molar-refractivity contribution in [1.82, 2.24) is 20.9 Å². The Kier molecular flexibility index (Phi) is 7.70. The van der Waals surface area contributed by atoms with Crippen LogP contribution in [0.3, 0.4) is 0 Å². The summed E-state index contributed by atoms with van der Waals surface area (Å²) in [4.78, 5) is 52.1. The van der Waals surface area contributed by atoms with Gasteiger partial charge in [-0.1, -0.05) is 34.6 Å². The Morgan fingerprint density at radius 2 is 1.83 bits per heavy atom. The van der Waals surface area contributed by atoms with E-state index in [-0.39, 0.29) is 42.0 Å². The zero-order valence-corrected chi connectivity index (χ0v) is 21.4. The molecule has 9 nitrogen and oxygen atoms in total. The van der Waals surface area contributed by atoms with E-state index >= 15 is 0 Å². The van der Waals surface area contributed by atoms with E-state index in [9.17, 15) is 37.5 Å². The van der Waals surface area contributed by atoms with Gasteiger partial charge < -0.3 is 26.0 Å². The number of fused-ring (bicyclic) bond motifs is 1. The first-order valence-corrected chi connectivity index (χ1v) is 12.4. The second kappa shape index (κ2) is 9.83. The number of aliphatic hydroxyl groups excluding tert-OH is 1. The molecule has 0 aromatic carbocycles. The number of hydrogen-bond donors (Lipinski definition) is 4. The zero-order valence-electron chi connectivity index (χ0n) is 21.4. The first-order chi connectivity index (χ1) is 16.5. The highest BCUT2D eigenvalue weighted by molar-refractivity contribution is 5.95. The molecule has 6 atom stereocenters. The molecule has 3 rings (SSSR count). The van der Waals surface area contributed by atoms with Crippen molar-refractivity contribution in [2.75, 3.05) is 19.7 Å². The number of amides is 4. The maximum Gasteiger partial charge on any atom is 0.471 e. The maximum absolute atomic E-state index is 13.5. The van der Waals surface area contributed by atoms with Crippen molar-refractivity contribution in [2.24, 2.45) is 28.6 Å². The highest BCUT2D eigenvalue weighted by atomic mass is 19.4. The molecule has 0 unspecified atom stereocenters. The van der Waals surface area contributed by atoms with Crippen LogP contribution in [-0.2, 0) is 19.2 Å². The van der Waals surface area contributed by atoms with Crippen LogP contribution in [0.15, 0.2) is 0 Å². The lowest BCUT2D eigenvalue weighted by Crippen LogP contribution is -2.61. The summed E-state index contributed by atoms with van der Waals surface area (Å²) in [6.07, 6.45) is -3.49. The number of halogens is 3. The fourth-order valence-electron chi connectivity index (χ4n) is 5.71. The third kappa shape index (κ3) is 5.63. The molecule has 3 aliphatic rings. The average Bonchev–Trinajstić information content (AvgIpc) is 3.09. The number of alkyl halides is 3.